The SMILES string of the molecule is CCNC(=NCCc1cccc(C(=O)NC)c1)N1CCC(OCC2CCCC2)CC1.I. The van der Waals surface area contributed by atoms with E-state index < -0.39 is 0 Å². The molecule has 31 heavy (non-hydrogen) atoms. The Morgan fingerprint density at radius 2 is 1.94 bits per heavy atom. The Kier molecular flexibility index (Phi) is 11.6. The fourth-order valence-electron chi connectivity index (χ4n) is 4.41. The van der Waals surface area contributed by atoms with Crippen molar-refractivity contribution in [1.29, 1.82) is 0 Å². The van der Waals surface area contributed by atoms with E-state index in [9.17, 15) is 4.79 Å². The van der Waals surface area contributed by atoms with Crippen LogP contribution in [0.15, 0.2) is 29.3 Å². The van der Waals surface area contributed by atoms with Crippen molar-refractivity contribution in [3.8, 4) is 0 Å². The first-order valence-corrected chi connectivity index (χ1v) is 11.7. The molecule has 0 radical (unpaired) electrons. The number of carbonyl (C=O) groups is 1. The predicted octanol–water partition coefficient (Wildman–Crippen LogP) is 3.84. The first-order chi connectivity index (χ1) is 14.7. The Morgan fingerprint density at radius 3 is 2.61 bits per heavy atom. The van der Waals surface area contributed by atoms with Gasteiger partial charge in [0.05, 0.1) is 6.10 Å². The van der Waals surface area contributed by atoms with Crippen LogP contribution in [0.3, 0.4) is 0 Å². The summed E-state index contributed by atoms with van der Waals surface area (Å²) in [5, 5.41) is 6.12. The Labute approximate surface area is 204 Å². The third kappa shape index (κ3) is 8.25. The minimum atomic E-state index is -0.0493. The summed E-state index contributed by atoms with van der Waals surface area (Å²) in [5.41, 5.74) is 1.83. The maximum Gasteiger partial charge on any atom is 0.251 e. The van der Waals surface area contributed by atoms with Crippen LogP contribution >= 0.6 is 24.0 Å². The molecule has 1 aliphatic heterocycles. The van der Waals surface area contributed by atoms with Crippen molar-refractivity contribution < 1.29 is 9.53 Å². The van der Waals surface area contributed by atoms with Gasteiger partial charge in [-0.3, -0.25) is 9.79 Å². The molecule has 7 heteroatoms. The van der Waals surface area contributed by atoms with E-state index >= 15 is 0 Å². The lowest BCUT2D eigenvalue weighted by molar-refractivity contribution is 0.00102. The molecule has 2 fully saturated rings. The average molecular weight is 543 g/mol. The highest BCUT2D eigenvalue weighted by molar-refractivity contribution is 14.0. The molecule has 1 aromatic carbocycles. The summed E-state index contributed by atoms with van der Waals surface area (Å²) >= 11 is 0. The topological polar surface area (TPSA) is 66.0 Å². The van der Waals surface area contributed by atoms with Crippen LogP contribution in [0.2, 0.25) is 0 Å². The number of piperidine rings is 1. The van der Waals surface area contributed by atoms with Gasteiger partial charge in [-0.25, -0.2) is 0 Å². The van der Waals surface area contributed by atoms with Gasteiger partial charge >= 0.3 is 0 Å². The Morgan fingerprint density at radius 1 is 1.19 bits per heavy atom. The summed E-state index contributed by atoms with van der Waals surface area (Å²) in [5.74, 6) is 1.74. The maximum atomic E-state index is 11.8. The van der Waals surface area contributed by atoms with E-state index in [2.05, 4.69) is 28.5 Å². The van der Waals surface area contributed by atoms with Crippen LogP contribution in [0, 0.1) is 5.92 Å². The van der Waals surface area contributed by atoms with Gasteiger partial charge in [0.1, 0.15) is 0 Å². The number of ether oxygens (including phenoxy) is 1. The summed E-state index contributed by atoms with van der Waals surface area (Å²) < 4.78 is 6.21. The van der Waals surface area contributed by atoms with Crippen LogP contribution in [0.5, 0.6) is 0 Å². The van der Waals surface area contributed by atoms with Crippen LogP contribution in [-0.4, -0.2) is 62.7 Å². The van der Waals surface area contributed by atoms with Crippen molar-refractivity contribution in [2.45, 2.75) is 58.0 Å². The second-order valence-corrected chi connectivity index (χ2v) is 8.44. The van der Waals surface area contributed by atoms with Gasteiger partial charge in [0.2, 0.25) is 0 Å². The molecule has 0 atom stereocenters. The third-order valence-corrected chi connectivity index (χ3v) is 6.20. The second-order valence-electron chi connectivity index (χ2n) is 8.44. The molecule has 1 saturated carbocycles. The highest BCUT2D eigenvalue weighted by Crippen LogP contribution is 2.26. The molecule has 1 saturated heterocycles. The van der Waals surface area contributed by atoms with Crippen LogP contribution in [-0.2, 0) is 11.2 Å². The quantitative estimate of drug-likeness (QED) is 0.298. The molecular weight excluding hydrogens is 503 g/mol. The minimum Gasteiger partial charge on any atom is -0.378 e. The molecule has 0 unspecified atom stereocenters. The fraction of sp³-hybridized carbons (Fsp3) is 0.667. The number of hydrogen-bond acceptors (Lipinski definition) is 3. The Balaban J connectivity index is 0.00000341. The highest BCUT2D eigenvalue weighted by atomic mass is 127. The van der Waals surface area contributed by atoms with Crippen LogP contribution in [0.1, 0.15) is 61.4 Å². The van der Waals surface area contributed by atoms with E-state index in [-0.39, 0.29) is 29.9 Å². The first kappa shape index (κ1) is 25.9. The van der Waals surface area contributed by atoms with E-state index in [1.165, 1.54) is 25.7 Å². The zero-order chi connectivity index (χ0) is 21.2. The molecule has 6 nitrogen and oxygen atoms in total. The zero-order valence-corrected chi connectivity index (χ0v) is 21.4. The summed E-state index contributed by atoms with van der Waals surface area (Å²) in [4.78, 5) is 19.0. The molecule has 1 amide bonds. The first-order valence-electron chi connectivity index (χ1n) is 11.7. The van der Waals surface area contributed by atoms with Crippen molar-refractivity contribution in [3.05, 3.63) is 35.4 Å². The van der Waals surface area contributed by atoms with Gasteiger partial charge in [0.15, 0.2) is 5.96 Å². The van der Waals surface area contributed by atoms with Gasteiger partial charge in [-0.2, -0.15) is 0 Å². The van der Waals surface area contributed by atoms with E-state index in [0.29, 0.717) is 18.2 Å². The smallest absolute Gasteiger partial charge is 0.251 e. The van der Waals surface area contributed by atoms with Gasteiger partial charge < -0.3 is 20.3 Å². The monoisotopic (exact) mass is 542 g/mol. The standard InChI is InChI=1S/C24H38N4O2.HI/c1-3-26-24(27-14-11-19-9-6-10-21(17-19)23(29)25-2)28-15-12-22(13-16-28)30-18-20-7-4-5-8-20;/h6,9-10,17,20,22H,3-5,7-8,11-16,18H2,1-2H3,(H,25,29)(H,26,27);1H. The van der Waals surface area contributed by atoms with E-state index in [4.69, 9.17) is 9.73 Å². The van der Waals surface area contributed by atoms with Crippen molar-refractivity contribution >= 4 is 35.8 Å². The number of carbonyl (C=O) groups excluding carboxylic acids is 1. The number of aliphatic imine (C=N–C) groups is 1. The lowest BCUT2D eigenvalue weighted by atomic mass is 10.1. The molecule has 1 heterocycles. The largest absolute Gasteiger partial charge is 0.378 e. The van der Waals surface area contributed by atoms with Crippen LogP contribution in [0.25, 0.3) is 0 Å². The number of halogens is 1. The average Bonchev–Trinajstić information content (AvgIpc) is 3.31. The summed E-state index contributed by atoms with van der Waals surface area (Å²) in [7, 11) is 1.66. The predicted molar refractivity (Wildman–Crippen MR) is 137 cm³/mol. The number of nitrogens with one attached hydrogen (secondary N) is 2. The number of amides is 1. The molecule has 0 aromatic heterocycles. The van der Waals surface area contributed by atoms with Crippen molar-refractivity contribution in [2.24, 2.45) is 10.9 Å². The molecule has 174 valence electrons. The maximum absolute atomic E-state index is 11.8. The van der Waals surface area contributed by atoms with Crippen LogP contribution < -0.4 is 10.6 Å². The number of rotatable bonds is 8. The van der Waals surface area contributed by atoms with Crippen molar-refractivity contribution in [2.75, 3.05) is 39.8 Å². The number of guanidine groups is 1. The zero-order valence-electron chi connectivity index (χ0n) is 19.1. The lowest BCUT2D eigenvalue weighted by Crippen LogP contribution is -2.47. The molecule has 1 aliphatic carbocycles. The van der Waals surface area contributed by atoms with Gasteiger partial charge in [-0.1, -0.05) is 25.0 Å². The number of hydrogen-bond donors (Lipinski definition) is 2. The molecule has 3 rings (SSSR count). The van der Waals surface area contributed by atoms with Crippen molar-refractivity contribution in [1.82, 2.24) is 15.5 Å². The molecule has 0 bridgehead atoms. The van der Waals surface area contributed by atoms with Gasteiger partial charge in [-0.15, -0.1) is 24.0 Å². The third-order valence-electron chi connectivity index (χ3n) is 6.20. The number of nitrogens with zero attached hydrogens (tertiary/aromatic N) is 2. The Bertz CT molecular complexity index is 699. The fourth-order valence-corrected chi connectivity index (χ4v) is 4.41. The minimum absolute atomic E-state index is 0. The highest BCUT2D eigenvalue weighted by Gasteiger charge is 2.23. The summed E-state index contributed by atoms with van der Waals surface area (Å²) in [6, 6.07) is 7.79. The van der Waals surface area contributed by atoms with E-state index in [0.717, 1.165) is 62.9 Å². The molecular formula is C24H39IN4O2. The molecule has 1 aromatic rings. The molecule has 2 N–H and O–H groups in total. The Hall–Kier alpha value is -1.35. The van der Waals surface area contributed by atoms with E-state index in [1.807, 2.05) is 18.2 Å². The molecule has 0 spiro atoms. The summed E-state index contributed by atoms with van der Waals surface area (Å²) in [6.45, 7) is 6.62. The number of benzene rings is 1. The van der Waals surface area contributed by atoms with Crippen LogP contribution in [0.4, 0.5) is 0 Å². The second kappa shape index (κ2) is 13.9. The van der Waals surface area contributed by atoms with Gasteiger partial charge in [0.25, 0.3) is 5.91 Å². The molecule has 2 aliphatic rings. The van der Waals surface area contributed by atoms with Gasteiger partial charge in [0, 0.05) is 45.4 Å². The normalized spacial score (nSPS) is 18.0. The number of likely N-dealkylation sites (tertiary alicyclic amines) is 1. The van der Waals surface area contributed by atoms with Crippen molar-refractivity contribution in [3.63, 3.8) is 0 Å². The lowest BCUT2D eigenvalue weighted by Gasteiger charge is -2.34. The summed E-state index contributed by atoms with van der Waals surface area (Å²) in [6.07, 6.45) is 8.83. The van der Waals surface area contributed by atoms with Gasteiger partial charge in [-0.05, 0) is 62.6 Å². The van der Waals surface area contributed by atoms with E-state index in [1.54, 1.807) is 7.05 Å².